The fraction of sp³-hybridized carbons (Fsp3) is 0.444. The molecule has 0 spiro atoms. The summed E-state index contributed by atoms with van der Waals surface area (Å²) >= 11 is 0. The summed E-state index contributed by atoms with van der Waals surface area (Å²) in [6, 6.07) is 7.24. The minimum absolute atomic E-state index is 0.0423. The third-order valence-corrected chi connectivity index (χ3v) is 4.41. The molecule has 1 saturated carbocycles. The van der Waals surface area contributed by atoms with Gasteiger partial charge in [0.05, 0.1) is 6.10 Å². The molecule has 0 radical (unpaired) electrons. The highest BCUT2D eigenvalue weighted by molar-refractivity contribution is 5.91. The van der Waals surface area contributed by atoms with E-state index >= 15 is 0 Å². The fourth-order valence-electron chi connectivity index (χ4n) is 3.03. The Balaban J connectivity index is 1.67. The lowest BCUT2D eigenvalue weighted by Crippen LogP contribution is -2.48. The zero-order valence-corrected chi connectivity index (χ0v) is 13.6. The molecule has 1 fully saturated rings. The van der Waals surface area contributed by atoms with Crippen molar-refractivity contribution in [3.05, 3.63) is 53.7 Å². The lowest BCUT2D eigenvalue weighted by molar-refractivity contribution is 0.0236. The van der Waals surface area contributed by atoms with Crippen LogP contribution in [0.15, 0.2) is 41.1 Å². The minimum atomic E-state index is -0.260. The molecule has 1 aliphatic rings. The third-order valence-electron chi connectivity index (χ3n) is 4.41. The van der Waals surface area contributed by atoms with E-state index in [1.807, 2.05) is 12.1 Å². The second-order valence-electron chi connectivity index (χ2n) is 6.22. The van der Waals surface area contributed by atoms with Crippen LogP contribution in [0.3, 0.4) is 0 Å². The van der Waals surface area contributed by atoms with E-state index in [1.54, 1.807) is 31.6 Å². The largest absolute Gasteiger partial charge is 0.453 e. The van der Waals surface area contributed by atoms with Crippen LogP contribution in [-0.2, 0) is 17.8 Å². The highest BCUT2D eigenvalue weighted by atomic mass is 16.5. The van der Waals surface area contributed by atoms with Gasteiger partial charge in [0.25, 0.3) is 5.91 Å². The molecule has 2 aromatic heterocycles. The first kappa shape index (κ1) is 16.7. The number of carbonyl (C=O) groups is 1. The van der Waals surface area contributed by atoms with E-state index < -0.39 is 0 Å². The summed E-state index contributed by atoms with van der Waals surface area (Å²) in [5.74, 6) is 0.928. The molecule has 24 heavy (non-hydrogen) atoms. The van der Waals surface area contributed by atoms with Crippen molar-refractivity contribution in [3.8, 4) is 0 Å². The van der Waals surface area contributed by atoms with E-state index in [0.29, 0.717) is 31.6 Å². The molecule has 0 saturated heterocycles. The van der Waals surface area contributed by atoms with Crippen LogP contribution in [0, 0.1) is 5.92 Å². The standard InChI is InChI=1S/C18H22N2O4/c1-23-11-15-2-3-17(24-15)18(22)20-16(13-9-14(21)10-13)8-12-4-6-19-7-5-12/h2-7,13-14,16,21H,8-11H2,1H3,(H,20,22)/t13?,14?,16-/m1/s1. The van der Waals surface area contributed by atoms with E-state index in [2.05, 4.69) is 10.3 Å². The number of aliphatic hydroxyl groups is 1. The number of nitrogens with one attached hydrogen (secondary N) is 1. The average molecular weight is 330 g/mol. The minimum Gasteiger partial charge on any atom is -0.453 e. The average Bonchev–Trinajstić information content (AvgIpc) is 3.01. The number of furan rings is 1. The van der Waals surface area contributed by atoms with Gasteiger partial charge in [-0.3, -0.25) is 9.78 Å². The van der Waals surface area contributed by atoms with Gasteiger partial charge in [-0.25, -0.2) is 0 Å². The zero-order chi connectivity index (χ0) is 16.9. The van der Waals surface area contributed by atoms with Gasteiger partial charge >= 0.3 is 0 Å². The van der Waals surface area contributed by atoms with Crippen molar-refractivity contribution >= 4 is 5.91 Å². The van der Waals surface area contributed by atoms with Crippen molar-refractivity contribution in [2.75, 3.05) is 7.11 Å². The molecule has 6 nitrogen and oxygen atoms in total. The van der Waals surface area contributed by atoms with E-state index in [9.17, 15) is 9.90 Å². The predicted molar refractivity (Wildman–Crippen MR) is 87.3 cm³/mol. The van der Waals surface area contributed by atoms with Crippen LogP contribution in [0.2, 0.25) is 0 Å². The Kier molecular flexibility index (Phi) is 5.27. The monoisotopic (exact) mass is 330 g/mol. The van der Waals surface area contributed by atoms with Gasteiger partial charge < -0.3 is 19.6 Å². The van der Waals surface area contributed by atoms with Gasteiger partial charge in [0.15, 0.2) is 5.76 Å². The van der Waals surface area contributed by atoms with Crippen LogP contribution in [0.4, 0.5) is 0 Å². The first-order valence-corrected chi connectivity index (χ1v) is 8.11. The van der Waals surface area contributed by atoms with Crippen LogP contribution in [0.25, 0.3) is 0 Å². The van der Waals surface area contributed by atoms with E-state index in [1.165, 1.54) is 0 Å². The summed E-state index contributed by atoms with van der Waals surface area (Å²) in [7, 11) is 1.58. The quantitative estimate of drug-likeness (QED) is 0.810. The van der Waals surface area contributed by atoms with Crippen LogP contribution < -0.4 is 5.32 Å². The fourth-order valence-corrected chi connectivity index (χ4v) is 3.03. The molecule has 2 heterocycles. The number of hydrogen-bond acceptors (Lipinski definition) is 5. The molecule has 1 amide bonds. The summed E-state index contributed by atoms with van der Waals surface area (Å²) in [4.78, 5) is 16.5. The molecule has 0 unspecified atom stereocenters. The number of pyridine rings is 1. The Morgan fingerprint density at radius 1 is 1.38 bits per heavy atom. The number of ether oxygens (including phenoxy) is 1. The topological polar surface area (TPSA) is 84.6 Å². The van der Waals surface area contributed by atoms with Crippen LogP contribution >= 0.6 is 0 Å². The summed E-state index contributed by atoms with van der Waals surface area (Å²) in [6.45, 7) is 0.336. The Labute approximate surface area is 140 Å². The van der Waals surface area contributed by atoms with Crippen molar-refractivity contribution in [3.63, 3.8) is 0 Å². The SMILES string of the molecule is COCc1ccc(C(=O)N[C@H](Cc2ccncc2)C2CC(O)C2)o1. The predicted octanol–water partition coefficient (Wildman–Crippen LogP) is 1.93. The first-order valence-electron chi connectivity index (χ1n) is 8.11. The van der Waals surface area contributed by atoms with E-state index in [-0.39, 0.29) is 29.7 Å². The van der Waals surface area contributed by atoms with E-state index in [0.717, 1.165) is 5.56 Å². The van der Waals surface area contributed by atoms with E-state index in [4.69, 9.17) is 9.15 Å². The number of amides is 1. The number of rotatable bonds is 7. The maximum atomic E-state index is 12.5. The second-order valence-corrected chi connectivity index (χ2v) is 6.22. The molecule has 0 bridgehead atoms. The molecule has 3 rings (SSSR count). The highest BCUT2D eigenvalue weighted by Gasteiger charge is 2.35. The van der Waals surface area contributed by atoms with Gasteiger partial charge in [-0.2, -0.15) is 0 Å². The maximum Gasteiger partial charge on any atom is 0.287 e. The first-order chi connectivity index (χ1) is 11.7. The lowest BCUT2D eigenvalue weighted by Gasteiger charge is -2.38. The Morgan fingerprint density at radius 3 is 2.79 bits per heavy atom. The smallest absolute Gasteiger partial charge is 0.287 e. The Hall–Kier alpha value is -2.18. The number of carbonyl (C=O) groups excluding carboxylic acids is 1. The van der Waals surface area contributed by atoms with Crippen molar-refractivity contribution < 1.29 is 19.1 Å². The van der Waals surface area contributed by atoms with Gasteiger partial charge in [0.1, 0.15) is 12.4 Å². The normalized spacial score (nSPS) is 21.1. The van der Waals surface area contributed by atoms with Crippen molar-refractivity contribution in [1.82, 2.24) is 10.3 Å². The molecule has 6 heteroatoms. The number of methoxy groups -OCH3 is 1. The molecule has 1 aliphatic carbocycles. The van der Waals surface area contributed by atoms with Crippen LogP contribution in [-0.4, -0.2) is 35.3 Å². The molecular formula is C18H22N2O4. The van der Waals surface area contributed by atoms with Gasteiger partial charge in [0.2, 0.25) is 0 Å². The summed E-state index contributed by atoms with van der Waals surface area (Å²) in [5.41, 5.74) is 1.11. The van der Waals surface area contributed by atoms with Crippen LogP contribution in [0.1, 0.15) is 34.7 Å². The lowest BCUT2D eigenvalue weighted by atomic mass is 9.75. The Morgan fingerprint density at radius 2 is 2.12 bits per heavy atom. The van der Waals surface area contributed by atoms with Crippen molar-refractivity contribution in [2.24, 2.45) is 5.92 Å². The summed E-state index contributed by atoms with van der Waals surface area (Å²) in [5, 5.41) is 12.6. The van der Waals surface area contributed by atoms with Gasteiger partial charge in [-0.1, -0.05) is 0 Å². The zero-order valence-electron chi connectivity index (χ0n) is 13.6. The Bertz CT molecular complexity index is 665. The van der Waals surface area contributed by atoms with Gasteiger partial charge in [-0.15, -0.1) is 0 Å². The summed E-state index contributed by atoms with van der Waals surface area (Å²) < 4.78 is 10.5. The third kappa shape index (κ3) is 4.01. The van der Waals surface area contributed by atoms with Crippen LogP contribution in [0.5, 0.6) is 0 Å². The highest BCUT2D eigenvalue weighted by Crippen LogP contribution is 2.32. The summed E-state index contributed by atoms with van der Waals surface area (Å²) in [6.07, 6.45) is 5.35. The molecule has 1 atom stereocenters. The molecule has 128 valence electrons. The van der Waals surface area contributed by atoms with Crippen molar-refractivity contribution in [2.45, 2.75) is 38.0 Å². The molecular weight excluding hydrogens is 308 g/mol. The molecule has 2 N–H and O–H groups in total. The number of hydrogen-bond donors (Lipinski definition) is 2. The second kappa shape index (κ2) is 7.59. The van der Waals surface area contributed by atoms with Gasteiger partial charge in [-0.05, 0) is 55.0 Å². The maximum absolute atomic E-state index is 12.5. The number of aromatic nitrogens is 1. The van der Waals surface area contributed by atoms with Crippen molar-refractivity contribution in [1.29, 1.82) is 0 Å². The molecule has 0 aliphatic heterocycles. The molecule has 2 aromatic rings. The number of aliphatic hydroxyl groups excluding tert-OH is 1. The number of nitrogens with zero attached hydrogens (tertiary/aromatic N) is 1. The molecule has 0 aromatic carbocycles. The van der Waals surface area contributed by atoms with Gasteiger partial charge in [0, 0.05) is 25.5 Å².